The topological polar surface area (TPSA) is 75.6 Å². The Hall–Kier alpha value is -2.11. The molecule has 0 atom stereocenters. The maximum Gasteiger partial charge on any atom is 0.412 e. The number of hydrogen-bond donors (Lipinski definition) is 2. The molecule has 0 unspecified atom stereocenters. The summed E-state index contributed by atoms with van der Waals surface area (Å²) in [6.45, 7) is 6.55. The van der Waals surface area contributed by atoms with Crippen LogP contribution in [0, 0.1) is 12.7 Å². The van der Waals surface area contributed by atoms with Crippen LogP contribution < -0.4 is 5.32 Å². The summed E-state index contributed by atoms with van der Waals surface area (Å²) < 4.78 is 18.3. The summed E-state index contributed by atoms with van der Waals surface area (Å²) in [7, 11) is 0. The lowest BCUT2D eigenvalue weighted by Crippen LogP contribution is -2.27. The van der Waals surface area contributed by atoms with Crippen molar-refractivity contribution >= 4 is 17.7 Å². The van der Waals surface area contributed by atoms with Crippen LogP contribution in [-0.2, 0) is 4.74 Å². The molecule has 0 spiro atoms. The van der Waals surface area contributed by atoms with Gasteiger partial charge in [0.2, 0.25) is 0 Å². The molecule has 19 heavy (non-hydrogen) atoms. The van der Waals surface area contributed by atoms with Crippen LogP contribution in [0.15, 0.2) is 12.1 Å². The SMILES string of the molecule is Cc1c(NC(=O)OC(C)(C)C)cc(F)cc1C(=O)O. The number of carboxylic acids is 1. The van der Waals surface area contributed by atoms with E-state index in [9.17, 15) is 14.0 Å². The van der Waals surface area contributed by atoms with Gasteiger partial charge in [0.1, 0.15) is 11.4 Å². The maximum absolute atomic E-state index is 13.3. The molecule has 1 rings (SSSR count). The largest absolute Gasteiger partial charge is 0.478 e. The van der Waals surface area contributed by atoms with Gasteiger partial charge in [-0.3, -0.25) is 5.32 Å². The van der Waals surface area contributed by atoms with Crippen molar-refractivity contribution in [2.45, 2.75) is 33.3 Å². The van der Waals surface area contributed by atoms with E-state index >= 15 is 0 Å². The van der Waals surface area contributed by atoms with E-state index in [2.05, 4.69) is 5.32 Å². The van der Waals surface area contributed by atoms with Crippen LogP contribution in [0.3, 0.4) is 0 Å². The lowest BCUT2D eigenvalue weighted by atomic mass is 10.1. The van der Waals surface area contributed by atoms with Gasteiger partial charge in [-0.2, -0.15) is 0 Å². The average Bonchev–Trinajstić information content (AvgIpc) is 2.19. The fourth-order valence-corrected chi connectivity index (χ4v) is 1.44. The zero-order chi connectivity index (χ0) is 14.8. The molecule has 1 aromatic rings. The van der Waals surface area contributed by atoms with Crippen molar-refractivity contribution in [2.75, 3.05) is 5.32 Å². The number of amides is 1. The number of anilines is 1. The Balaban J connectivity index is 3.02. The summed E-state index contributed by atoms with van der Waals surface area (Å²) in [5, 5.41) is 11.3. The second-order valence-electron chi connectivity index (χ2n) is 5.06. The van der Waals surface area contributed by atoms with Crippen molar-refractivity contribution in [1.29, 1.82) is 0 Å². The quantitative estimate of drug-likeness (QED) is 0.864. The van der Waals surface area contributed by atoms with E-state index < -0.39 is 23.5 Å². The minimum absolute atomic E-state index is 0.0756. The summed E-state index contributed by atoms with van der Waals surface area (Å²) in [6.07, 6.45) is -0.766. The Morgan fingerprint density at radius 1 is 1.32 bits per heavy atom. The third kappa shape index (κ3) is 4.24. The van der Waals surface area contributed by atoms with Crippen LogP contribution in [0.4, 0.5) is 14.9 Å². The average molecular weight is 269 g/mol. The molecule has 1 amide bonds. The molecule has 104 valence electrons. The molecule has 0 bridgehead atoms. The van der Waals surface area contributed by atoms with Gasteiger partial charge in [0.25, 0.3) is 0 Å². The third-order valence-electron chi connectivity index (χ3n) is 2.24. The van der Waals surface area contributed by atoms with Gasteiger partial charge < -0.3 is 9.84 Å². The molecule has 6 heteroatoms. The van der Waals surface area contributed by atoms with Crippen molar-refractivity contribution in [3.8, 4) is 0 Å². The minimum Gasteiger partial charge on any atom is -0.478 e. The number of nitrogens with one attached hydrogen (secondary N) is 1. The van der Waals surface area contributed by atoms with E-state index in [1.807, 2.05) is 0 Å². The fraction of sp³-hybridized carbons (Fsp3) is 0.385. The van der Waals surface area contributed by atoms with Gasteiger partial charge in [-0.25, -0.2) is 14.0 Å². The zero-order valence-electron chi connectivity index (χ0n) is 11.2. The first-order chi connectivity index (χ1) is 8.60. The minimum atomic E-state index is -1.26. The van der Waals surface area contributed by atoms with Gasteiger partial charge in [-0.15, -0.1) is 0 Å². The van der Waals surface area contributed by atoms with Crippen LogP contribution in [0.25, 0.3) is 0 Å². The van der Waals surface area contributed by atoms with Gasteiger partial charge in [-0.05, 0) is 45.4 Å². The molecular weight excluding hydrogens is 253 g/mol. The van der Waals surface area contributed by atoms with Gasteiger partial charge in [0.15, 0.2) is 0 Å². The van der Waals surface area contributed by atoms with E-state index in [-0.39, 0.29) is 16.8 Å². The number of carbonyl (C=O) groups excluding carboxylic acids is 1. The maximum atomic E-state index is 13.3. The second kappa shape index (κ2) is 5.26. The normalized spacial score (nSPS) is 11.0. The summed E-state index contributed by atoms with van der Waals surface area (Å²) in [4.78, 5) is 22.5. The molecule has 0 heterocycles. The van der Waals surface area contributed by atoms with Gasteiger partial charge in [0.05, 0.1) is 11.3 Å². The Bertz CT molecular complexity index is 520. The number of aromatic carboxylic acids is 1. The Morgan fingerprint density at radius 2 is 1.89 bits per heavy atom. The molecule has 1 aromatic carbocycles. The number of rotatable bonds is 2. The van der Waals surface area contributed by atoms with Crippen molar-refractivity contribution in [2.24, 2.45) is 0 Å². The predicted octanol–water partition coefficient (Wildman–Crippen LogP) is 3.18. The molecule has 0 aliphatic rings. The van der Waals surface area contributed by atoms with Crippen molar-refractivity contribution in [3.05, 3.63) is 29.1 Å². The van der Waals surface area contributed by atoms with E-state index in [0.29, 0.717) is 0 Å². The fourth-order valence-electron chi connectivity index (χ4n) is 1.44. The highest BCUT2D eigenvalue weighted by molar-refractivity contribution is 5.94. The molecule has 2 N–H and O–H groups in total. The number of benzene rings is 1. The van der Waals surface area contributed by atoms with Crippen LogP contribution in [0.5, 0.6) is 0 Å². The van der Waals surface area contributed by atoms with Crippen LogP contribution in [0.1, 0.15) is 36.7 Å². The third-order valence-corrected chi connectivity index (χ3v) is 2.24. The molecule has 0 saturated heterocycles. The van der Waals surface area contributed by atoms with Crippen molar-refractivity contribution in [1.82, 2.24) is 0 Å². The summed E-state index contributed by atoms with van der Waals surface area (Å²) in [5.41, 5.74) is -0.557. The molecular formula is C13H16FNO4. The van der Waals surface area contributed by atoms with E-state index in [1.54, 1.807) is 20.8 Å². The molecule has 0 fully saturated rings. The molecule has 0 radical (unpaired) electrons. The lowest BCUT2D eigenvalue weighted by Gasteiger charge is -2.20. The molecule has 0 aliphatic carbocycles. The lowest BCUT2D eigenvalue weighted by molar-refractivity contribution is 0.0632. The molecule has 0 aromatic heterocycles. The Labute approximate surface area is 110 Å². The highest BCUT2D eigenvalue weighted by Gasteiger charge is 2.19. The van der Waals surface area contributed by atoms with Gasteiger partial charge in [-0.1, -0.05) is 0 Å². The van der Waals surface area contributed by atoms with Crippen LogP contribution >= 0.6 is 0 Å². The standard InChI is InChI=1S/C13H16FNO4/c1-7-9(11(16)17)5-8(14)6-10(7)15-12(18)19-13(2,3)4/h5-6H,1-4H3,(H,15,18)(H,16,17). The highest BCUT2D eigenvalue weighted by atomic mass is 19.1. The number of halogens is 1. The van der Waals surface area contributed by atoms with E-state index in [4.69, 9.17) is 9.84 Å². The molecule has 0 aliphatic heterocycles. The molecule has 0 saturated carbocycles. The highest BCUT2D eigenvalue weighted by Crippen LogP contribution is 2.22. The first-order valence-electron chi connectivity index (χ1n) is 5.63. The summed E-state index contributed by atoms with van der Waals surface area (Å²) in [6, 6.07) is 1.95. The van der Waals surface area contributed by atoms with E-state index in [0.717, 1.165) is 12.1 Å². The van der Waals surface area contributed by atoms with Gasteiger partial charge in [0, 0.05) is 0 Å². The Morgan fingerprint density at radius 3 is 2.37 bits per heavy atom. The number of carbonyl (C=O) groups is 2. The zero-order valence-corrected chi connectivity index (χ0v) is 11.2. The van der Waals surface area contributed by atoms with Crippen molar-refractivity contribution in [3.63, 3.8) is 0 Å². The van der Waals surface area contributed by atoms with Crippen molar-refractivity contribution < 1.29 is 23.8 Å². The monoisotopic (exact) mass is 269 g/mol. The first-order valence-corrected chi connectivity index (χ1v) is 5.63. The smallest absolute Gasteiger partial charge is 0.412 e. The summed E-state index contributed by atoms with van der Waals surface area (Å²) in [5.74, 6) is -2.00. The number of hydrogen-bond acceptors (Lipinski definition) is 3. The molecule has 5 nitrogen and oxygen atoms in total. The van der Waals surface area contributed by atoms with Crippen LogP contribution in [-0.4, -0.2) is 22.8 Å². The predicted molar refractivity (Wildman–Crippen MR) is 68.0 cm³/mol. The van der Waals surface area contributed by atoms with Crippen LogP contribution in [0.2, 0.25) is 0 Å². The van der Waals surface area contributed by atoms with Gasteiger partial charge >= 0.3 is 12.1 Å². The summed E-state index contributed by atoms with van der Waals surface area (Å²) >= 11 is 0. The van der Waals surface area contributed by atoms with E-state index in [1.165, 1.54) is 6.92 Å². The number of carboxylic acid groups (broad SMARTS) is 1. The first kappa shape index (κ1) is 14.9. The number of ether oxygens (including phenoxy) is 1. The second-order valence-corrected chi connectivity index (χ2v) is 5.06. The Kier molecular flexibility index (Phi) is 4.14.